The molecule has 3 nitrogen and oxygen atoms in total. The molecule has 2 rings (SSSR count). The minimum Gasteiger partial charge on any atom is -0.211 e. The molecule has 1 aromatic carbocycles. The minimum atomic E-state index is -3.41. The first-order chi connectivity index (χ1) is 9.99. The van der Waals surface area contributed by atoms with Gasteiger partial charge in [-0.15, -0.1) is 11.3 Å². The van der Waals surface area contributed by atoms with Crippen LogP contribution in [0.1, 0.15) is 17.7 Å². The Morgan fingerprint density at radius 2 is 1.86 bits per heavy atom. The lowest BCUT2D eigenvalue weighted by molar-refractivity contribution is 0.577. The van der Waals surface area contributed by atoms with Crippen LogP contribution in [0.3, 0.4) is 0 Å². The first kappa shape index (κ1) is 17.0. The number of hydrogen-bond acceptors (Lipinski definition) is 3. The molecular formula is C14H15BrClNO2S2. The third-order valence-corrected chi connectivity index (χ3v) is 6.39. The molecule has 0 unspecified atom stereocenters. The van der Waals surface area contributed by atoms with E-state index in [1.165, 1.54) is 0 Å². The van der Waals surface area contributed by atoms with Crippen LogP contribution in [0.4, 0.5) is 0 Å². The molecule has 0 fully saturated rings. The molecule has 0 amide bonds. The van der Waals surface area contributed by atoms with Crippen molar-refractivity contribution in [2.45, 2.75) is 24.2 Å². The number of aryl methyl sites for hydroxylation is 1. The summed E-state index contributed by atoms with van der Waals surface area (Å²) in [5, 5.41) is 2.77. The largest absolute Gasteiger partial charge is 0.240 e. The van der Waals surface area contributed by atoms with Gasteiger partial charge < -0.3 is 0 Å². The highest BCUT2D eigenvalue weighted by Crippen LogP contribution is 2.23. The Balaban J connectivity index is 1.77. The van der Waals surface area contributed by atoms with E-state index in [4.69, 9.17) is 11.6 Å². The molecule has 1 heterocycles. The molecule has 7 heteroatoms. The van der Waals surface area contributed by atoms with E-state index in [9.17, 15) is 8.42 Å². The molecule has 0 radical (unpaired) electrons. The number of thiophene rings is 1. The summed E-state index contributed by atoms with van der Waals surface area (Å²) in [4.78, 5) is 1.44. The molecule has 1 aromatic heterocycles. The van der Waals surface area contributed by atoms with E-state index in [0.717, 1.165) is 33.6 Å². The Morgan fingerprint density at radius 1 is 1.14 bits per heavy atom. The van der Waals surface area contributed by atoms with Crippen molar-refractivity contribution in [3.05, 3.63) is 50.1 Å². The Hall–Kier alpha value is -0.400. The maximum Gasteiger partial charge on any atom is 0.240 e. The van der Waals surface area contributed by atoms with E-state index in [1.54, 1.807) is 35.6 Å². The smallest absolute Gasteiger partial charge is 0.211 e. The Labute approximate surface area is 142 Å². The quantitative estimate of drug-likeness (QED) is 0.687. The van der Waals surface area contributed by atoms with E-state index in [2.05, 4.69) is 20.7 Å². The summed E-state index contributed by atoms with van der Waals surface area (Å²) in [7, 11) is -3.41. The number of hydrogen-bond donors (Lipinski definition) is 1. The first-order valence-corrected chi connectivity index (χ1v) is 9.99. The van der Waals surface area contributed by atoms with E-state index < -0.39 is 10.0 Å². The van der Waals surface area contributed by atoms with Crippen LogP contribution in [0.15, 0.2) is 45.1 Å². The number of nitrogens with one attached hydrogen (secondary N) is 1. The van der Waals surface area contributed by atoms with Gasteiger partial charge in [0.25, 0.3) is 0 Å². The summed E-state index contributed by atoms with van der Waals surface area (Å²) in [6.45, 7) is 0.432. The van der Waals surface area contributed by atoms with Crippen LogP contribution < -0.4 is 4.72 Å². The normalized spacial score (nSPS) is 11.7. The molecule has 0 aliphatic rings. The monoisotopic (exact) mass is 407 g/mol. The van der Waals surface area contributed by atoms with Gasteiger partial charge in [0, 0.05) is 15.9 Å². The summed E-state index contributed by atoms with van der Waals surface area (Å²) in [6.07, 6.45) is 2.57. The lowest BCUT2D eigenvalue weighted by Gasteiger charge is -2.06. The van der Waals surface area contributed by atoms with Crippen LogP contribution >= 0.6 is 38.9 Å². The van der Waals surface area contributed by atoms with Crippen molar-refractivity contribution in [1.29, 1.82) is 0 Å². The molecule has 114 valence electrons. The van der Waals surface area contributed by atoms with Gasteiger partial charge in [-0.05, 0) is 55.0 Å². The highest BCUT2D eigenvalue weighted by atomic mass is 79.9. The number of sulfonamides is 1. The lowest BCUT2D eigenvalue weighted by Crippen LogP contribution is -2.24. The van der Waals surface area contributed by atoms with Crippen molar-refractivity contribution < 1.29 is 8.42 Å². The summed E-state index contributed by atoms with van der Waals surface area (Å²) < 4.78 is 27.6. The number of halogens is 2. The average Bonchev–Trinajstić information content (AvgIpc) is 2.84. The highest BCUT2D eigenvalue weighted by Gasteiger charge is 2.12. The second-order valence-corrected chi connectivity index (χ2v) is 8.59. The zero-order valence-corrected chi connectivity index (χ0v) is 15.2. The molecule has 0 aliphatic carbocycles. The summed E-state index contributed by atoms with van der Waals surface area (Å²) in [5.74, 6) is 0. The average molecular weight is 409 g/mol. The van der Waals surface area contributed by atoms with Gasteiger partial charge in [-0.2, -0.15) is 0 Å². The summed E-state index contributed by atoms with van der Waals surface area (Å²) in [6, 6.07) is 8.48. The fraction of sp³-hybridized carbons (Fsp3) is 0.286. The van der Waals surface area contributed by atoms with Gasteiger partial charge >= 0.3 is 0 Å². The van der Waals surface area contributed by atoms with Crippen molar-refractivity contribution in [2.24, 2.45) is 0 Å². The zero-order chi connectivity index (χ0) is 15.3. The lowest BCUT2D eigenvalue weighted by atomic mass is 10.2. The molecule has 0 atom stereocenters. The van der Waals surface area contributed by atoms with Crippen LogP contribution in [0.2, 0.25) is 5.02 Å². The fourth-order valence-corrected chi connectivity index (χ4v) is 4.33. The van der Waals surface area contributed by atoms with Crippen molar-refractivity contribution in [1.82, 2.24) is 4.72 Å². The molecule has 0 spiro atoms. The van der Waals surface area contributed by atoms with Gasteiger partial charge in [-0.25, -0.2) is 13.1 Å². The minimum absolute atomic E-state index is 0.284. The van der Waals surface area contributed by atoms with Crippen LogP contribution in [0, 0.1) is 0 Å². The first-order valence-electron chi connectivity index (χ1n) is 6.46. The van der Waals surface area contributed by atoms with Gasteiger partial charge in [0.15, 0.2) is 0 Å². The topological polar surface area (TPSA) is 46.2 Å². The Bertz CT molecular complexity index is 683. The van der Waals surface area contributed by atoms with Gasteiger partial charge in [0.2, 0.25) is 10.0 Å². The molecule has 0 saturated carbocycles. The van der Waals surface area contributed by atoms with E-state index in [1.807, 2.05) is 11.4 Å². The molecule has 0 saturated heterocycles. The van der Waals surface area contributed by atoms with E-state index in [-0.39, 0.29) is 4.90 Å². The van der Waals surface area contributed by atoms with E-state index >= 15 is 0 Å². The van der Waals surface area contributed by atoms with Crippen LogP contribution in [-0.4, -0.2) is 15.0 Å². The third kappa shape index (κ3) is 5.07. The van der Waals surface area contributed by atoms with Gasteiger partial charge in [-0.1, -0.05) is 27.5 Å². The summed E-state index contributed by atoms with van der Waals surface area (Å²) >= 11 is 10.9. The Kier molecular flexibility index (Phi) is 6.25. The van der Waals surface area contributed by atoms with Gasteiger partial charge in [-0.3, -0.25) is 0 Å². The third-order valence-electron chi connectivity index (χ3n) is 2.94. The molecule has 2 aromatic rings. The predicted molar refractivity (Wildman–Crippen MR) is 91.6 cm³/mol. The number of rotatable bonds is 7. The van der Waals surface area contributed by atoms with Crippen LogP contribution in [-0.2, 0) is 16.4 Å². The molecule has 0 aliphatic heterocycles. The molecule has 21 heavy (non-hydrogen) atoms. The molecule has 1 N–H and O–H groups in total. The van der Waals surface area contributed by atoms with Crippen LogP contribution in [0.25, 0.3) is 0 Å². The predicted octanol–water partition coefficient (Wildman–Crippen LogP) is 4.47. The van der Waals surface area contributed by atoms with Crippen molar-refractivity contribution in [3.8, 4) is 0 Å². The standard InChI is InChI=1S/C14H15BrClNO2S2/c15-11-4-6-12(7-5-11)21(18,19)17-9-2-1-3-14-13(16)8-10-20-14/h4-8,10,17H,1-3,9H2. The maximum atomic E-state index is 12.0. The molecular weight excluding hydrogens is 394 g/mol. The zero-order valence-electron chi connectivity index (χ0n) is 11.2. The number of unbranched alkanes of at least 4 members (excludes halogenated alkanes) is 1. The maximum absolute atomic E-state index is 12.0. The second-order valence-electron chi connectivity index (χ2n) is 4.50. The molecule has 0 bridgehead atoms. The fourth-order valence-electron chi connectivity index (χ4n) is 1.82. The van der Waals surface area contributed by atoms with Gasteiger partial charge in [0.05, 0.1) is 9.92 Å². The van der Waals surface area contributed by atoms with E-state index in [0.29, 0.717) is 6.54 Å². The second kappa shape index (κ2) is 7.74. The highest BCUT2D eigenvalue weighted by molar-refractivity contribution is 9.10. The number of benzene rings is 1. The SMILES string of the molecule is O=S(=O)(NCCCCc1sccc1Cl)c1ccc(Br)cc1. The van der Waals surface area contributed by atoms with Crippen LogP contribution in [0.5, 0.6) is 0 Å². The van der Waals surface area contributed by atoms with Crippen molar-refractivity contribution in [3.63, 3.8) is 0 Å². The Morgan fingerprint density at radius 3 is 2.48 bits per heavy atom. The van der Waals surface area contributed by atoms with Crippen molar-refractivity contribution in [2.75, 3.05) is 6.54 Å². The summed E-state index contributed by atoms with van der Waals surface area (Å²) in [5.41, 5.74) is 0. The van der Waals surface area contributed by atoms with Crippen molar-refractivity contribution >= 4 is 48.9 Å². The van der Waals surface area contributed by atoms with Gasteiger partial charge in [0.1, 0.15) is 0 Å².